The van der Waals surface area contributed by atoms with Gasteiger partial charge in [-0.05, 0) is 73.2 Å². The lowest BCUT2D eigenvalue weighted by atomic mass is 10.0. The minimum absolute atomic E-state index is 0.0195. The van der Waals surface area contributed by atoms with Crippen molar-refractivity contribution >= 4 is 76.2 Å². The second-order valence-electron chi connectivity index (χ2n) is 17.9. The number of hydrogen-bond acceptors (Lipinski definition) is 11. The van der Waals surface area contributed by atoms with E-state index in [0.717, 1.165) is 60.3 Å². The predicted octanol–water partition coefficient (Wildman–Crippen LogP) is 4.69. The Labute approximate surface area is 401 Å². The molecule has 4 aromatic rings. The van der Waals surface area contributed by atoms with Crippen LogP contribution in [0, 0.1) is 0 Å². The van der Waals surface area contributed by atoms with Crippen LogP contribution in [0.5, 0.6) is 0 Å². The average molecular weight is 956 g/mol. The second-order valence-corrected chi connectivity index (χ2v) is 18.9. The summed E-state index contributed by atoms with van der Waals surface area (Å²) in [5, 5.41) is 43.1. The van der Waals surface area contributed by atoms with Crippen LogP contribution < -0.4 is 14.8 Å². The summed E-state index contributed by atoms with van der Waals surface area (Å²) in [6.07, 6.45) is 9.28. The number of carboxylic acid groups (broad SMARTS) is 4. The highest BCUT2D eigenvalue weighted by Gasteiger charge is 2.27. The molecule has 0 fully saturated rings. The van der Waals surface area contributed by atoms with E-state index in [0.29, 0.717) is 18.4 Å². The van der Waals surface area contributed by atoms with Gasteiger partial charge >= 0.3 is 23.9 Å². The van der Waals surface area contributed by atoms with Gasteiger partial charge in [0, 0.05) is 61.9 Å². The number of rotatable bonds is 30. The van der Waals surface area contributed by atoms with Crippen molar-refractivity contribution in [1.29, 1.82) is 0 Å². The van der Waals surface area contributed by atoms with Gasteiger partial charge in [0.05, 0.1) is 82.4 Å². The lowest BCUT2D eigenvalue weighted by molar-refractivity contribution is -0.892. The first-order valence-electron chi connectivity index (χ1n) is 22.8. The van der Waals surface area contributed by atoms with Crippen LogP contribution >= 0.6 is 11.8 Å². The number of nitrogens with one attached hydrogen (secondary N) is 1. The molecule has 17 nitrogen and oxygen atoms in total. The number of quaternary nitrogens is 1. The summed E-state index contributed by atoms with van der Waals surface area (Å²) < 4.78 is 3.23. The van der Waals surface area contributed by atoms with Crippen molar-refractivity contribution in [2.75, 3.05) is 96.8 Å². The van der Waals surface area contributed by atoms with E-state index in [1.165, 1.54) is 41.9 Å². The fraction of sp³-hybridized carbons (Fsp3) is 0.420. The molecule has 1 aliphatic heterocycles. The topological polar surface area (TPSA) is 212 Å². The van der Waals surface area contributed by atoms with Gasteiger partial charge in [-0.15, -0.1) is 0 Å². The van der Waals surface area contributed by atoms with Crippen LogP contribution in [-0.2, 0) is 41.7 Å². The third-order valence-corrected chi connectivity index (χ3v) is 13.2. The maximum atomic E-state index is 12.9. The first-order chi connectivity index (χ1) is 32.5. The number of amides is 1. The monoisotopic (exact) mass is 955 g/mol. The predicted molar refractivity (Wildman–Crippen MR) is 261 cm³/mol. The van der Waals surface area contributed by atoms with E-state index in [1.807, 2.05) is 0 Å². The van der Waals surface area contributed by atoms with Gasteiger partial charge in [0.2, 0.25) is 11.4 Å². The zero-order valence-corrected chi connectivity index (χ0v) is 40.0. The molecule has 3 aromatic carbocycles. The van der Waals surface area contributed by atoms with Crippen molar-refractivity contribution in [1.82, 2.24) is 14.7 Å². The maximum Gasteiger partial charge on any atom is 0.317 e. The van der Waals surface area contributed by atoms with E-state index in [2.05, 4.69) is 103 Å². The van der Waals surface area contributed by atoms with Crippen molar-refractivity contribution in [3.05, 3.63) is 101 Å². The number of anilines is 2. The van der Waals surface area contributed by atoms with Crippen LogP contribution in [0.3, 0.4) is 0 Å². The summed E-state index contributed by atoms with van der Waals surface area (Å²) >= 11 is 1.80. The molecule has 68 heavy (non-hydrogen) atoms. The summed E-state index contributed by atoms with van der Waals surface area (Å²) in [4.78, 5) is 78.3. The number of hydrogen-bond donors (Lipinski definition) is 5. The van der Waals surface area contributed by atoms with Gasteiger partial charge in [-0.25, -0.2) is 0 Å². The molecule has 0 aliphatic carbocycles. The Kier molecular flexibility index (Phi) is 20.0. The summed E-state index contributed by atoms with van der Waals surface area (Å²) in [7, 11) is 6.63. The molecule has 2 heterocycles. The van der Waals surface area contributed by atoms with Gasteiger partial charge in [0.25, 0.3) is 0 Å². The van der Waals surface area contributed by atoms with Gasteiger partial charge in [0.15, 0.2) is 12.7 Å². The Balaban J connectivity index is 1.08. The molecule has 0 spiro atoms. The van der Waals surface area contributed by atoms with Crippen molar-refractivity contribution in [2.24, 2.45) is 0 Å². The Hall–Kier alpha value is -6.18. The number of pyridine rings is 1. The van der Waals surface area contributed by atoms with Gasteiger partial charge in [0.1, 0.15) is 6.29 Å². The lowest BCUT2D eigenvalue weighted by Crippen LogP contribution is -2.50. The summed E-state index contributed by atoms with van der Waals surface area (Å²) in [5.74, 6) is -4.99. The number of benzene rings is 3. The fourth-order valence-corrected chi connectivity index (χ4v) is 9.64. The summed E-state index contributed by atoms with van der Waals surface area (Å²) in [6.45, 7) is 0.397. The van der Waals surface area contributed by atoms with Crippen LogP contribution in [0.15, 0.2) is 95.0 Å². The van der Waals surface area contributed by atoms with Crippen LogP contribution in [0.2, 0.25) is 0 Å². The number of fused-ring (bicyclic) bond motifs is 2. The number of carboxylic acids is 4. The Bertz CT molecular complexity index is 2400. The molecule has 0 bridgehead atoms. The molecule has 5 rings (SSSR count). The molecule has 1 aliphatic rings. The third kappa shape index (κ3) is 16.9. The highest BCUT2D eigenvalue weighted by Crippen LogP contribution is 2.45. The van der Waals surface area contributed by atoms with Gasteiger partial charge in [-0.1, -0.05) is 48.2 Å². The molecular formula is C50H65N7O10S+2. The molecule has 0 radical (unpaired) electrons. The van der Waals surface area contributed by atoms with E-state index in [1.54, 1.807) is 36.0 Å². The van der Waals surface area contributed by atoms with Crippen LogP contribution in [0.1, 0.15) is 43.2 Å². The number of aryl methyl sites for hydroxylation is 1. The van der Waals surface area contributed by atoms with Crippen molar-refractivity contribution < 1.29 is 58.2 Å². The maximum absolute atomic E-state index is 12.9. The first kappa shape index (κ1) is 52.8. The normalized spacial score (nSPS) is 13.6. The highest BCUT2D eigenvalue weighted by molar-refractivity contribution is 8.03. The standard InChI is InChI=1S/C50H63N7O10S/c1-52-43-14-8-9-15-44(43)68-46(52)31-38-21-23-55(42-13-7-6-12-41(38)42)22-11-28-57(2,3)27-10-4-5-16-45(59)51-39-19-17-37(18-20-39)30-40(56(26-29-58)36-50(66)67)32-53(33-47(60)61)24-25-54(34-48(62)63)35-49(64)65/h6-9,12-15,17-21,23,29,31,40H,4-5,10-11,16,22,24-28,30,32-36H2,1-3H3,(H3-2,51,59,60,61,62,63,64,65,66,67)/p+2. The molecule has 364 valence electrons. The van der Waals surface area contributed by atoms with E-state index in [9.17, 15) is 49.2 Å². The summed E-state index contributed by atoms with van der Waals surface area (Å²) in [5.41, 5.74) is 4.95. The smallest absolute Gasteiger partial charge is 0.317 e. The molecule has 1 aromatic heterocycles. The fourth-order valence-electron chi connectivity index (χ4n) is 8.54. The zero-order chi connectivity index (χ0) is 49.2. The number of para-hydroxylation sites is 2. The number of aldehydes is 1. The van der Waals surface area contributed by atoms with E-state index >= 15 is 0 Å². The highest BCUT2D eigenvalue weighted by atomic mass is 32.2. The molecule has 1 atom stereocenters. The zero-order valence-electron chi connectivity index (χ0n) is 39.2. The Morgan fingerprint density at radius 2 is 1.40 bits per heavy atom. The third-order valence-electron chi connectivity index (χ3n) is 12.0. The number of thioether (sulfide) groups is 1. The molecule has 1 amide bonds. The van der Waals surface area contributed by atoms with Gasteiger partial charge in [-0.3, -0.25) is 38.7 Å². The van der Waals surface area contributed by atoms with Crippen molar-refractivity contribution in [3.63, 3.8) is 0 Å². The largest absolute Gasteiger partial charge is 0.480 e. The van der Waals surface area contributed by atoms with Crippen LogP contribution in [0.4, 0.5) is 11.4 Å². The van der Waals surface area contributed by atoms with E-state index in [4.69, 9.17) is 0 Å². The van der Waals surface area contributed by atoms with Crippen molar-refractivity contribution in [3.8, 4) is 0 Å². The number of carbonyl (C=O) groups is 6. The molecule has 18 heteroatoms. The number of aromatic nitrogens is 1. The van der Waals surface area contributed by atoms with Crippen molar-refractivity contribution in [2.45, 2.75) is 56.0 Å². The lowest BCUT2D eigenvalue weighted by Gasteiger charge is -2.34. The van der Waals surface area contributed by atoms with Crippen LogP contribution in [0.25, 0.3) is 17.0 Å². The molecule has 0 saturated carbocycles. The number of carbonyl (C=O) groups excluding carboxylic acids is 2. The minimum atomic E-state index is -1.25. The SMILES string of the molecule is CN1C(=Cc2cc[n+](CCC[N+](C)(C)CCCCCC(=O)Nc3ccc(CC(CN(CCN(CC(=O)O)CC(=O)O)CC(=O)O)N(CC=O)CC(=O)O)cc3)c3ccccc23)Sc2ccccc21. The van der Waals surface area contributed by atoms with Gasteiger partial charge < -0.3 is 39.9 Å². The first-order valence-corrected chi connectivity index (χ1v) is 23.7. The van der Waals surface area contributed by atoms with Gasteiger partial charge in [-0.2, -0.15) is 4.57 Å². The molecule has 5 N–H and O–H groups in total. The average Bonchev–Trinajstić information content (AvgIpc) is 3.59. The van der Waals surface area contributed by atoms with E-state index in [-0.39, 0.29) is 38.5 Å². The molecule has 0 saturated heterocycles. The summed E-state index contributed by atoms with van der Waals surface area (Å²) in [6, 6.07) is 25.6. The molecular weight excluding hydrogens is 891 g/mol. The molecule has 1 unspecified atom stereocenters. The van der Waals surface area contributed by atoms with Crippen LogP contribution in [-0.4, -0.2) is 168 Å². The van der Waals surface area contributed by atoms with E-state index < -0.39 is 56.1 Å². The minimum Gasteiger partial charge on any atom is -0.480 e. The second kappa shape index (κ2) is 25.8. The number of nitrogens with zero attached hydrogens (tertiary/aromatic N) is 6. The quantitative estimate of drug-likeness (QED) is 0.0208. The number of unbranched alkanes of at least 4 members (excludes halogenated alkanes) is 2. The Morgan fingerprint density at radius 1 is 0.765 bits per heavy atom. The number of aliphatic carboxylic acids is 4. The Morgan fingerprint density at radius 3 is 2.07 bits per heavy atom.